The highest BCUT2D eigenvalue weighted by atomic mass is 32.2. The van der Waals surface area contributed by atoms with E-state index in [1.54, 1.807) is 25.1 Å². The van der Waals surface area contributed by atoms with E-state index in [1.165, 1.54) is 5.56 Å². The van der Waals surface area contributed by atoms with Crippen LogP contribution in [0.4, 0.5) is 0 Å². The zero-order chi connectivity index (χ0) is 16.1. The van der Waals surface area contributed by atoms with Gasteiger partial charge in [0.1, 0.15) is 5.75 Å². The lowest BCUT2D eigenvalue weighted by Crippen LogP contribution is -2.00. The van der Waals surface area contributed by atoms with E-state index in [-0.39, 0.29) is 0 Å². The number of hydrogen-bond acceptors (Lipinski definition) is 5. The van der Waals surface area contributed by atoms with E-state index in [4.69, 9.17) is 4.74 Å². The molecule has 2 aromatic heterocycles. The van der Waals surface area contributed by atoms with E-state index in [2.05, 4.69) is 32.7 Å². The van der Waals surface area contributed by atoms with Crippen molar-refractivity contribution in [1.29, 1.82) is 0 Å². The third-order valence-corrected chi connectivity index (χ3v) is 4.51. The first-order valence-electron chi connectivity index (χ1n) is 7.41. The maximum absolute atomic E-state index is 5.20. The molecule has 118 valence electrons. The van der Waals surface area contributed by atoms with Crippen LogP contribution in [-0.4, -0.2) is 26.9 Å². The molecule has 0 amide bonds. The topological polar surface area (TPSA) is 52.8 Å². The second-order valence-corrected chi connectivity index (χ2v) is 5.87. The first kappa shape index (κ1) is 15.6. The summed E-state index contributed by atoms with van der Waals surface area (Å²) in [5.41, 5.74) is 2.21. The first-order chi connectivity index (χ1) is 11.3. The summed E-state index contributed by atoms with van der Waals surface area (Å²) in [6.45, 7) is 2.92. The predicted molar refractivity (Wildman–Crippen MR) is 91.5 cm³/mol. The number of ether oxygens (including phenoxy) is 1. The fourth-order valence-electron chi connectivity index (χ4n) is 2.27. The lowest BCUT2D eigenvalue weighted by Gasteiger charge is -2.08. The fourth-order valence-corrected chi connectivity index (χ4v) is 3.20. The van der Waals surface area contributed by atoms with Gasteiger partial charge in [-0.3, -0.25) is 4.98 Å². The highest BCUT2D eigenvalue weighted by molar-refractivity contribution is 7.98. The van der Waals surface area contributed by atoms with E-state index in [0.29, 0.717) is 0 Å². The molecule has 0 saturated carbocycles. The van der Waals surface area contributed by atoms with Crippen LogP contribution in [0.1, 0.15) is 12.5 Å². The third kappa shape index (κ3) is 3.53. The van der Waals surface area contributed by atoms with E-state index >= 15 is 0 Å². The Morgan fingerprint density at radius 3 is 2.61 bits per heavy atom. The minimum atomic E-state index is 0.823. The standard InChI is InChI=1S/C17H18N4OS/c1-3-21-16(14-6-8-15(22-2)9-7-14)19-20-17(21)23-12-13-5-4-10-18-11-13/h4-11H,3,12H2,1-2H3. The first-order valence-corrected chi connectivity index (χ1v) is 8.39. The van der Waals surface area contributed by atoms with Gasteiger partial charge in [-0.05, 0) is 42.8 Å². The molecular formula is C17H18N4OS. The Balaban J connectivity index is 1.81. The average molecular weight is 326 g/mol. The van der Waals surface area contributed by atoms with E-state index in [1.807, 2.05) is 36.5 Å². The highest BCUT2D eigenvalue weighted by Crippen LogP contribution is 2.27. The van der Waals surface area contributed by atoms with Crippen molar-refractivity contribution in [2.45, 2.75) is 24.4 Å². The van der Waals surface area contributed by atoms with Gasteiger partial charge in [-0.15, -0.1) is 10.2 Å². The predicted octanol–water partition coefficient (Wildman–Crippen LogP) is 3.66. The minimum Gasteiger partial charge on any atom is -0.497 e. The molecule has 0 atom stereocenters. The molecule has 6 heteroatoms. The Labute approximate surface area is 139 Å². The Kier molecular flexibility index (Phi) is 4.92. The number of thioether (sulfide) groups is 1. The van der Waals surface area contributed by atoms with Gasteiger partial charge < -0.3 is 9.30 Å². The van der Waals surface area contributed by atoms with Crippen molar-refractivity contribution in [3.8, 4) is 17.1 Å². The van der Waals surface area contributed by atoms with Crippen LogP contribution >= 0.6 is 11.8 Å². The minimum absolute atomic E-state index is 0.823. The SMILES string of the molecule is CCn1c(SCc2cccnc2)nnc1-c1ccc(OC)cc1. The molecule has 2 heterocycles. The van der Waals surface area contributed by atoms with Crippen LogP contribution in [0.25, 0.3) is 11.4 Å². The molecule has 0 aliphatic heterocycles. The van der Waals surface area contributed by atoms with Crippen LogP contribution < -0.4 is 4.74 Å². The summed E-state index contributed by atoms with van der Waals surface area (Å²) in [6.07, 6.45) is 3.66. The van der Waals surface area contributed by atoms with Crippen molar-refractivity contribution in [3.63, 3.8) is 0 Å². The largest absolute Gasteiger partial charge is 0.497 e. The van der Waals surface area contributed by atoms with Crippen LogP contribution in [0.2, 0.25) is 0 Å². The molecule has 0 spiro atoms. The van der Waals surface area contributed by atoms with Crippen molar-refractivity contribution in [2.24, 2.45) is 0 Å². The van der Waals surface area contributed by atoms with Crippen molar-refractivity contribution < 1.29 is 4.74 Å². The smallest absolute Gasteiger partial charge is 0.191 e. The van der Waals surface area contributed by atoms with Crippen LogP contribution in [0.5, 0.6) is 5.75 Å². The van der Waals surface area contributed by atoms with Gasteiger partial charge in [-0.25, -0.2) is 0 Å². The summed E-state index contributed by atoms with van der Waals surface area (Å²) in [4.78, 5) is 4.14. The van der Waals surface area contributed by atoms with Gasteiger partial charge >= 0.3 is 0 Å². The molecular weight excluding hydrogens is 308 g/mol. The van der Waals surface area contributed by atoms with Crippen LogP contribution in [0.3, 0.4) is 0 Å². The monoisotopic (exact) mass is 326 g/mol. The Morgan fingerprint density at radius 2 is 1.96 bits per heavy atom. The molecule has 0 bridgehead atoms. The fraction of sp³-hybridized carbons (Fsp3) is 0.235. The molecule has 3 rings (SSSR count). The molecule has 0 unspecified atom stereocenters. The summed E-state index contributed by atoms with van der Waals surface area (Å²) >= 11 is 1.67. The number of hydrogen-bond donors (Lipinski definition) is 0. The van der Waals surface area contributed by atoms with E-state index in [9.17, 15) is 0 Å². The molecule has 0 N–H and O–H groups in total. The summed E-state index contributed by atoms with van der Waals surface area (Å²) in [5.74, 6) is 2.54. The van der Waals surface area contributed by atoms with Crippen molar-refractivity contribution in [3.05, 3.63) is 54.4 Å². The van der Waals surface area contributed by atoms with Gasteiger partial charge in [0.2, 0.25) is 0 Å². The Morgan fingerprint density at radius 1 is 1.13 bits per heavy atom. The van der Waals surface area contributed by atoms with Crippen molar-refractivity contribution in [1.82, 2.24) is 19.7 Å². The highest BCUT2D eigenvalue weighted by Gasteiger charge is 2.13. The van der Waals surface area contributed by atoms with Gasteiger partial charge in [-0.1, -0.05) is 17.8 Å². The second-order valence-electron chi connectivity index (χ2n) is 4.93. The van der Waals surface area contributed by atoms with E-state index < -0.39 is 0 Å². The number of rotatable bonds is 6. The molecule has 0 aliphatic rings. The van der Waals surface area contributed by atoms with Crippen LogP contribution in [-0.2, 0) is 12.3 Å². The number of nitrogens with zero attached hydrogens (tertiary/aromatic N) is 4. The maximum atomic E-state index is 5.20. The van der Waals surface area contributed by atoms with E-state index in [0.717, 1.165) is 34.6 Å². The molecule has 23 heavy (non-hydrogen) atoms. The number of methoxy groups -OCH3 is 1. The summed E-state index contributed by atoms with van der Waals surface area (Å²) in [7, 11) is 1.66. The molecule has 0 fully saturated rings. The quantitative estimate of drug-likeness (QED) is 0.647. The van der Waals surface area contributed by atoms with Gasteiger partial charge in [-0.2, -0.15) is 0 Å². The van der Waals surface area contributed by atoms with Crippen molar-refractivity contribution in [2.75, 3.05) is 7.11 Å². The summed E-state index contributed by atoms with van der Waals surface area (Å²) in [6, 6.07) is 11.9. The zero-order valence-electron chi connectivity index (χ0n) is 13.1. The molecule has 3 aromatic rings. The summed E-state index contributed by atoms with van der Waals surface area (Å²) in [5, 5.41) is 9.62. The van der Waals surface area contributed by atoms with Crippen LogP contribution in [0, 0.1) is 0 Å². The van der Waals surface area contributed by atoms with Crippen LogP contribution in [0.15, 0.2) is 53.9 Å². The number of pyridine rings is 1. The van der Waals surface area contributed by atoms with Gasteiger partial charge in [0.15, 0.2) is 11.0 Å². The molecule has 0 aliphatic carbocycles. The molecule has 0 saturated heterocycles. The normalized spacial score (nSPS) is 10.7. The Bertz CT molecular complexity index is 756. The molecule has 0 radical (unpaired) electrons. The van der Waals surface area contributed by atoms with Gasteiger partial charge in [0, 0.05) is 30.3 Å². The third-order valence-electron chi connectivity index (χ3n) is 3.47. The van der Waals surface area contributed by atoms with Gasteiger partial charge in [0.25, 0.3) is 0 Å². The Hall–Kier alpha value is -2.34. The lowest BCUT2D eigenvalue weighted by atomic mass is 10.2. The maximum Gasteiger partial charge on any atom is 0.191 e. The average Bonchev–Trinajstić information content (AvgIpc) is 3.04. The summed E-state index contributed by atoms with van der Waals surface area (Å²) < 4.78 is 7.33. The van der Waals surface area contributed by atoms with Crippen molar-refractivity contribution >= 4 is 11.8 Å². The zero-order valence-corrected chi connectivity index (χ0v) is 14.0. The molecule has 5 nitrogen and oxygen atoms in total. The lowest BCUT2D eigenvalue weighted by molar-refractivity contribution is 0.415. The molecule has 1 aromatic carbocycles. The van der Waals surface area contributed by atoms with Gasteiger partial charge in [0.05, 0.1) is 7.11 Å². The number of aromatic nitrogens is 4. The second kappa shape index (κ2) is 7.28. The number of benzene rings is 1.